The van der Waals surface area contributed by atoms with Gasteiger partial charge in [-0.1, -0.05) is 67.0 Å². The molecule has 1 saturated heterocycles. The van der Waals surface area contributed by atoms with Crippen molar-refractivity contribution in [3.63, 3.8) is 0 Å². The molecule has 0 bridgehead atoms. The predicted molar refractivity (Wildman–Crippen MR) is 130 cm³/mol. The van der Waals surface area contributed by atoms with Crippen LogP contribution in [0.15, 0.2) is 47.6 Å². The molecule has 0 radical (unpaired) electrons. The zero-order valence-corrected chi connectivity index (χ0v) is 20.7. The quantitative estimate of drug-likeness (QED) is 0.388. The summed E-state index contributed by atoms with van der Waals surface area (Å²) in [5.41, 5.74) is 5.04. The maximum Gasteiger partial charge on any atom is 0.160 e. The van der Waals surface area contributed by atoms with E-state index in [1.165, 1.54) is 0 Å². The van der Waals surface area contributed by atoms with E-state index in [4.69, 9.17) is 25.9 Å². The van der Waals surface area contributed by atoms with Gasteiger partial charge < -0.3 is 19.4 Å². The van der Waals surface area contributed by atoms with Crippen molar-refractivity contribution in [3.8, 4) is 0 Å². The molecule has 3 unspecified atom stereocenters. The number of methoxy groups -OCH3 is 1. The van der Waals surface area contributed by atoms with Gasteiger partial charge in [-0.15, -0.1) is 0 Å². The summed E-state index contributed by atoms with van der Waals surface area (Å²) in [6, 6.07) is 14.2. The number of nitrogens with zero attached hydrogens (tertiary/aromatic N) is 1. The third kappa shape index (κ3) is 7.59. The maximum atomic E-state index is 10.1. The summed E-state index contributed by atoms with van der Waals surface area (Å²) < 4.78 is 11.3. The van der Waals surface area contributed by atoms with E-state index in [0.717, 1.165) is 28.0 Å². The van der Waals surface area contributed by atoms with Gasteiger partial charge in [0, 0.05) is 25.0 Å². The molecule has 32 heavy (non-hydrogen) atoms. The predicted octanol–water partition coefficient (Wildman–Crippen LogP) is 6.29. The SMILES string of the molecule is CC.COC1CC(O)CC(c2ccc(Cl)c(Cc3ccc(/C(C)=N/OC(C)C)cc3)c2)O1. The van der Waals surface area contributed by atoms with E-state index in [1.54, 1.807) is 7.11 Å². The summed E-state index contributed by atoms with van der Waals surface area (Å²) in [4.78, 5) is 5.33. The number of oxime groups is 1. The third-order valence-electron chi connectivity index (χ3n) is 5.14. The molecule has 6 heteroatoms. The highest BCUT2D eigenvalue weighted by atomic mass is 35.5. The molecule has 2 aromatic carbocycles. The molecule has 1 aliphatic rings. The van der Waals surface area contributed by atoms with Crippen LogP contribution in [0.4, 0.5) is 0 Å². The van der Waals surface area contributed by atoms with Crippen LogP contribution in [0.25, 0.3) is 0 Å². The average Bonchev–Trinajstić information content (AvgIpc) is 2.80. The average molecular weight is 462 g/mol. The van der Waals surface area contributed by atoms with Gasteiger partial charge >= 0.3 is 0 Å². The molecule has 1 fully saturated rings. The van der Waals surface area contributed by atoms with Gasteiger partial charge in [-0.3, -0.25) is 0 Å². The lowest BCUT2D eigenvalue weighted by Crippen LogP contribution is -2.32. The first-order valence-corrected chi connectivity index (χ1v) is 11.7. The van der Waals surface area contributed by atoms with Crippen LogP contribution in [0, 0.1) is 0 Å². The second-order valence-corrected chi connectivity index (χ2v) is 8.38. The lowest BCUT2D eigenvalue weighted by atomic mass is 9.95. The van der Waals surface area contributed by atoms with Crippen LogP contribution in [0.1, 0.15) is 75.8 Å². The number of aliphatic hydroxyl groups excluding tert-OH is 1. The van der Waals surface area contributed by atoms with Crippen molar-refractivity contribution in [3.05, 3.63) is 69.7 Å². The van der Waals surface area contributed by atoms with E-state index < -0.39 is 12.4 Å². The van der Waals surface area contributed by atoms with Gasteiger partial charge in [-0.05, 0) is 55.5 Å². The van der Waals surface area contributed by atoms with Crippen LogP contribution in [-0.4, -0.2) is 36.4 Å². The maximum absolute atomic E-state index is 10.1. The lowest BCUT2D eigenvalue weighted by Gasteiger charge is -2.32. The van der Waals surface area contributed by atoms with E-state index in [1.807, 2.05) is 58.9 Å². The Kier molecular flexibility index (Phi) is 10.7. The molecule has 1 heterocycles. The van der Waals surface area contributed by atoms with Gasteiger partial charge in [0.2, 0.25) is 0 Å². The number of aliphatic hydroxyl groups is 1. The first-order chi connectivity index (χ1) is 15.4. The van der Waals surface area contributed by atoms with Gasteiger partial charge in [-0.2, -0.15) is 0 Å². The standard InChI is InChI=1S/C24H30ClNO4.C2H6/c1-15(2)30-26-16(3)18-7-5-17(6-8-18)11-20-12-19(9-10-22(20)25)23-13-21(27)14-24(28-4)29-23;1-2/h5-10,12,15,21,23-24,27H,11,13-14H2,1-4H3;1-2H3/b26-16+;. The highest BCUT2D eigenvalue weighted by Gasteiger charge is 2.29. The van der Waals surface area contributed by atoms with E-state index >= 15 is 0 Å². The number of hydrogen-bond donors (Lipinski definition) is 1. The molecule has 0 saturated carbocycles. The Morgan fingerprint density at radius 2 is 1.84 bits per heavy atom. The molecular weight excluding hydrogens is 426 g/mol. The minimum absolute atomic E-state index is 0.0575. The molecule has 3 rings (SSSR count). The summed E-state index contributed by atoms with van der Waals surface area (Å²) in [7, 11) is 1.60. The normalized spacial score (nSPS) is 21.2. The van der Waals surface area contributed by atoms with Gasteiger partial charge in [0.15, 0.2) is 6.29 Å². The topological polar surface area (TPSA) is 60.3 Å². The Hall–Kier alpha value is -1.92. The van der Waals surface area contributed by atoms with Crippen molar-refractivity contribution in [1.82, 2.24) is 0 Å². The third-order valence-corrected chi connectivity index (χ3v) is 5.51. The molecule has 176 valence electrons. The molecule has 1 aliphatic heterocycles. The summed E-state index contributed by atoms with van der Waals surface area (Å²) in [6.07, 6.45) is 0.755. The molecule has 0 spiro atoms. The molecule has 0 amide bonds. The van der Waals surface area contributed by atoms with Gasteiger partial charge in [0.1, 0.15) is 6.10 Å². The van der Waals surface area contributed by atoms with Crippen LogP contribution in [0.3, 0.4) is 0 Å². The monoisotopic (exact) mass is 461 g/mol. The zero-order chi connectivity index (χ0) is 23.7. The van der Waals surface area contributed by atoms with Crippen molar-refractivity contribution >= 4 is 17.3 Å². The Balaban J connectivity index is 0.00000176. The fraction of sp³-hybridized carbons (Fsp3) is 0.500. The van der Waals surface area contributed by atoms with E-state index in [-0.39, 0.29) is 12.2 Å². The van der Waals surface area contributed by atoms with Crippen LogP contribution in [-0.2, 0) is 20.7 Å². The second kappa shape index (κ2) is 12.9. The van der Waals surface area contributed by atoms with Crippen molar-refractivity contribution in [2.75, 3.05) is 7.11 Å². The molecule has 0 aliphatic carbocycles. The molecule has 0 aromatic heterocycles. The van der Waals surface area contributed by atoms with E-state index in [0.29, 0.717) is 24.3 Å². The van der Waals surface area contributed by atoms with Crippen molar-refractivity contribution in [2.45, 2.75) is 78.5 Å². The first kappa shape index (κ1) is 26.3. The van der Waals surface area contributed by atoms with Gasteiger partial charge in [0.25, 0.3) is 0 Å². The number of halogens is 1. The van der Waals surface area contributed by atoms with E-state index in [2.05, 4.69) is 23.4 Å². The molecule has 5 nitrogen and oxygen atoms in total. The second-order valence-electron chi connectivity index (χ2n) is 7.97. The zero-order valence-electron chi connectivity index (χ0n) is 20.0. The van der Waals surface area contributed by atoms with Gasteiger partial charge in [-0.25, -0.2) is 0 Å². The van der Waals surface area contributed by atoms with Crippen LogP contribution < -0.4 is 0 Å². The van der Waals surface area contributed by atoms with E-state index in [9.17, 15) is 5.11 Å². The Labute approximate surface area is 197 Å². The van der Waals surface area contributed by atoms with Crippen LogP contribution in [0.2, 0.25) is 5.02 Å². The fourth-order valence-electron chi connectivity index (χ4n) is 3.48. The number of rotatable bonds is 7. The van der Waals surface area contributed by atoms with Crippen molar-refractivity contribution in [1.29, 1.82) is 0 Å². The number of hydrogen-bond acceptors (Lipinski definition) is 5. The lowest BCUT2D eigenvalue weighted by molar-refractivity contribution is -0.205. The highest BCUT2D eigenvalue weighted by Crippen LogP contribution is 2.34. The Morgan fingerprint density at radius 1 is 1.16 bits per heavy atom. The van der Waals surface area contributed by atoms with Gasteiger partial charge in [0.05, 0.1) is 17.9 Å². The van der Waals surface area contributed by atoms with Crippen molar-refractivity contribution in [2.24, 2.45) is 5.16 Å². The number of ether oxygens (including phenoxy) is 2. The molecule has 1 N–H and O–H groups in total. The van der Waals surface area contributed by atoms with Crippen LogP contribution >= 0.6 is 11.6 Å². The molecule has 3 atom stereocenters. The molecular formula is C26H36ClNO4. The highest BCUT2D eigenvalue weighted by molar-refractivity contribution is 6.31. The summed E-state index contributed by atoms with van der Waals surface area (Å²) in [5, 5.41) is 15.0. The fourth-order valence-corrected chi connectivity index (χ4v) is 3.66. The summed E-state index contributed by atoms with van der Waals surface area (Å²) in [5.74, 6) is 0. The number of benzene rings is 2. The molecule has 2 aromatic rings. The summed E-state index contributed by atoms with van der Waals surface area (Å²) in [6.45, 7) is 9.84. The van der Waals surface area contributed by atoms with Crippen molar-refractivity contribution < 1.29 is 19.4 Å². The Bertz CT molecular complexity index is 867. The smallest absolute Gasteiger partial charge is 0.160 e. The van der Waals surface area contributed by atoms with Crippen LogP contribution in [0.5, 0.6) is 0 Å². The minimum atomic E-state index is -0.440. The first-order valence-electron chi connectivity index (χ1n) is 11.3. The summed E-state index contributed by atoms with van der Waals surface area (Å²) >= 11 is 6.47. The minimum Gasteiger partial charge on any atom is -0.393 e. The largest absolute Gasteiger partial charge is 0.393 e. The Morgan fingerprint density at radius 3 is 2.47 bits per heavy atom.